The summed E-state index contributed by atoms with van der Waals surface area (Å²) in [5.74, 6) is 0.446. The molecule has 2 rings (SSSR count). The highest BCUT2D eigenvalue weighted by molar-refractivity contribution is 5.78. The quantitative estimate of drug-likeness (QED) is 0.462. The Bertz CT molecular complexity index is 741. The lowest BCUT2D eigenvalue weighted by molar-refractivity contribution is -0.385. The van der Waals surface area contributed by atoms with Crippen LogP contribution in [0.5, 0.6) is 17.2 Å². The molecule has 0 radical (unpaired) electrons. The van der Waals surface area contributed by atoms with Crippen molar-refractivity contribution in [1.82, 2.24) is 0 Å². The zero-order valence-corrected chi connectivity index (χ0v) is 11.5. The minimum Gasteiger partial charge on any atom is -0.493 e. The Balaban J connectivity index is 2.44. The van der Waals surface area contributed by atoms with Crippen molar-refractivity contribution < 1.29 is 24.0 Å². The van der Waals surface area contributed by atoms with E-state index in [9.17, 15) is 19.7 Å². The maximum atomic E-state index is 11.1. The van der Waals surface area contributed by atoms with Gasteiger partial charge in [0.2, 0.25) is 5.75 Å². The standard InChI is InChI=1S/C15H11NO6/c1-21-15-7-11(9-18)3-5-14(15)22-13-4-2-10(8-17)6-12(13)16(19)20/h2-9H,1H3. The molecule has 0 aliphatic heterocycles. The lowest BCUT2D eigenvalue weighted by atomic mass is 10.2. The third kappa shape index (κ3) is 3.09. The molecule has 0 N–H and O–H groups in total. The van der Waals surface area contributed by atoms with E-state index in [4.69, 9.17) is 9.47 Å². The van der Waals surface area contributed by atoms with Gasteiger partial charge >= 0.3 is 5.69 Å². The Morgan fingerprint density at radius 3 is 2.09 bits per heavy atom. The molecule has 0 aliphatic rings. The first-order chi connectivity index (χ1) is 10.6. The smallest absolute Gasteiger partial charge is 0.312 e. The number of hydrogen-bond donors (Lipinski definition) is 0. The summed E-state index contributed by atoms with van der Waals surface area (Å²) in [7, 11) is 1.39. The van der Waals surface area contributed by atoms with E-state index in [-0.39, 0.29) is 28.5 Å². The van der Waals surface area contributed by atoms with E-state index < -0.39 is 4.92 Å². The predicted octanol–water partition coefficient (Wildman–Crippen LogP) is 3.02. The van der Waals surface area contributed by atoms with Crippen LogP contribution < -0.4 is 9.47 Å². The molecule has 0 bridgehead atoms. The molecule has 22 heavy (non-hydrogen) atoms. The zero-order valence-electron chi connectivity index (χ0n) is 11.5. The van der Waals surface area contributed by atoms with Gasteiger partial charge in [-0.25, -0.2) is 0 Å². The number of benzene rings is 2. The highest BCUT2D eigenvalue weighted by Crippen LogP contribution is 2.36. The molecular formula is C15H11NO6. The fraction of sp³-hybridized carbons (Fsp3) is 0.0667. The molecular weight excluding hydrogens is 290 g/mol. The third-order valence-corrected chi connectivity index (χ3v) is 2.86. The van der Waals surface area contributed by atoms with Gasteiger partial charge < -0.3 is 9.47 Å². The van der Waals surface area contributed by atoms with Crippen molar-refractivity contribution in [2.24, 2.45) is 0 Å². The maximum absolute atomic E-state index is 11.1. The fourth-order valence-corrected chi connectivity index (χ4v) is 1.80. The normalized spacial score (nSPS) is 9.86. The van der Waals surface area contributed by atoms with Crippen molar-refractivity contribution in [2.45, 2.75) is 0 Å². The molecule has 0 unspecified atom stereocenters. The average Bonchev–Trinajstić information content (AvgIpc) is 2.55. The van der Waals surface area contributed by atoms with Crippen molar-refractivity contribution in [3.05, 3.63) is 57.6 Å². The van der Waals surface area contributed by atoms with E-state index in [1.165, 1.54) is 37.4 Å². The lowest BCUT2D eigenvalue weighted by Gasteiger charge is -2.11. The zero-order chi connectivity index (χ0) is 16.1. The van der Waals surface area contributed by atoms with Crippen LogP contribution in [-0.2, 0) is 0 Å². The van der Waals surface area contributed by atoms with Crippen LogP contribution in [0, 0.1) is 10.1 Å². The largest absolute Gasteiger partial charge is 0.493 e. The number of carbonyl (C=O) groups excluding carboxylic acids is 2. The second-order valence-electron chi connectivity index (χ2n) is 4.23. The Hall–Kier alpha value is -3.22. The van der Waals surface area contributed by atoms with Crippen LogP contribution in [0.3, 0.4) is 0 Å². The topological polar surface area (TPSA) is 95.7 Å². The minimum absolute atomic E-state index is 0.0345. The van der Waals surface area contributed by atoms with Gasteiger partial charge in [0.25, 0.3) is 0 Å². The molecule has 112 valence electrons. The third-order valence-electron chi connectivity index (χ3n) is 2.86. The van der Waals surface area contributed by atoms with Gasteiger partial charge in [-0.15, -0.1) is 0 Å². The number of aldehydes is 2. The Morgan fingerprint density at radius 2 is 1.55 bits per heavy atom. The van der Waals surface area contributed by atoms with Crippen molar-refractivity contribution in [2.75, 3.05) is 7.11 Å². The number of nitro groups is 1. The monoisotopic (exact) mass is 301 g/mol. The van der Waals surface area contributed by atoms with Crippen LogP contribution in [0.4, 0.5) is 5.69 Å². The molecule has 0 aromatic heterocycles. The summed E-state index contributed by atoms with van der Waals surface area (Å²) in [6.45, 7) is 0. The fourth-order valence-electron chi connectivity index (χ4n) is 1.80. The number of nitro benzene ring substituents is 1. The summed E-state index contributed by atoms with van der Waals surface area (Å²) >= 11 is 0. The number of nitrogens with zero attached hydrogens (tertiary/aromatic N) is 1. The average molecular weight is 301 g/mol. The van der Waals surface area contributed by atoms with Gasteiger partial charge in [0, 0.05) is 17.2 Å². The van der Waals surface area contributed by atoms with Gasteiger partial charge in [-0.1, -0.05) is 0 Å². The van der Waals surface area contributed by atoms with Gasteiger partial charge in [-0.2, -0.15) is 0 Å². The molecule has 0 heterocycles. The minimum atomic E-state index is -0.644. The molecule has 2 aromatic carbocycles. The van der Waals surface area contributed by atoms with Crippen LogP contribution in [0.25, 0.3) is 0 Å². The van der Waals surface area contributed by atoms with Gasteiger partial charge in [0.05, 0.1) is 12.0 Å². The number of hydrogen-bond acceptors (Lipinski definition) is 6. The summed E-state index contributed by atoms with van der Waals surface area (Å²) in [6.07, 6.45) is 1.16. The molecule has 0 saturated carbocycles. The Morgan fingerprint density at radius 1 is 0.955 bits per heavy atom. The van der Waals surface area contributed by atoms with E-state index in [1.807, 2.05) is 0 Å². The number of ether oxygens (including phenoxy) is 2. The van der Waals surface area contributed by atoms with Gasteiger partial charge in [0.1, 0.15) is 12.6 Å². The first kappa shape index (κ1) is 15.2. The predicted molar refractivity (Wildman–Crippen MR) is 76.9 cm³/mol. The molecule has 0 amide bonds. The van der Waals surface area contributed by atoms with Crippen LogP contribution in [0.1, 0.15) is 20.7 Å². The van der Waals surface area contributed by atoms with Crippen LogP contribution in [0.15, 0.2) is 36.4 Å². The summed E-state index contributed by atoms with van der Waals surface area (Å²) < 4.78 is 10.6. The number of methoxy groups -OCH3 is 1. The van der Waals surface area contributed by atoms with E-state index >= 15 is 0 Å². The van der Waals surface area contributed by atoms with Crippen molar-refractivity contribution in [1.29, 1.82) is 0 Å². The number of rotatable bonds is 6. The van der Waals surface area contributed by atoms with E-state index in [0.29, 0.717) is 18.1 Å². The Kier molecular flexibility index (Phi) is 4.47. The second-order valence-corrected chi connectivity index (χ2v) is 4.23. The van der Waals surface area contributed by atoms with Crippen LogP contribution in [0.2, 0.25) is 0 Å². The van der Waals surface area contributed by atoms with Crippen molar-refractivity contribution >= 4 is 18.3 Å². The molecule has 0 atom stereocenters. The number of carbonyl (C=O) groups is 2. The van der Waals surface area contributed by atoms with Gasteiger partial charge in [0.15, 0.2) is 11.5 Å². The highest BCUT2D eigenvalue weighted by atomic mass is 16.6. The van der Waals surface area contributed by atoms with Crippen molar-refractivity contribution in [3.8, 4) is 17.2 Å². The molecule has 7 heteroatoms. The first-order valence-electron chi connectivity index (χ1n) is 6.13. The first-order valence-corrected chi connectivity index (χ1v) is 6.13. The molecule has 0 aliphatic carbocycles. The van der Waals surface area contributed by atoms with Crippen LogP contribution >= 0.6 is 0 Å². The van der Waals surface area contributed by atoms with Crippen molar-refractivity contribution in [3.63, 3.8) is 0 Å². The molecule has 0 spiro atoms. The summed E-state index contributed by atoms with van der Waals surface area (Å²) in [5.41, 5.74) is 0.212. The van der Waals surface area contributed by atoms with Crippen LogP contribution in [-0.4, -0.2) is 24.6 Å². The van der Waals surface area contributed by atoms with E-state index in [2.05, 4.69) is 0 Å². The lowest BCUT2D eigenvalue weighted by Crippen LogP contribution is -1.97. The second kappa shape index (κ2) is 6.49. The van der Waals surface area contributed by atoms with E-state index in [0.717, 1.165) is 6.07 Å². The molecule has 0 fully saturated rings. The molecule has 2 aromatic rings. The van der Waals surface area contributed by atoms with Gasteiger partial charge in [-0.05, 0) is 30.3 Å². The molecule has 0 saturated heterocycles. The Labute approximate surface area is 125 Å². The summed E-state index contributed by atoms with van der Waals surface area (Å²) in [6, 6.07) is 8.27. The van der Waals surface area contributed by atoms with E-state index in [1.54, 1.807) is 0 Å². The molecule has 7 nitrogen and oxygen atoms in total. The SMILES string of the molecule is COc1cc(C=O)ccc1Oc1ccc(C=O)cc1[N+](=O)[O-]. The van der Waals surface area contributed by atoms with Gasteiger partial charge in [-0.3, -0.25) is 19.7 Å². The summed E-state index contributed by atoms with van der Waals surface area (Å²) in [5, 5.41) is 11.1. The summed E-state index contributed by atoms with van der Waals surface area (Å²) in [4.78, 5) is 31.9. The highest BCUT2D eigenvalue weighted by Gasteiger charge is 2.18. The maximum Gasteiger partial charge on any atom is 0.312 e.